The van der Waals surface area contributed by atoms with Crippen LogP contribution in [0.2, 0.25) is 0 Å². The van der Waals surface area contributed by atoms with Crippen molar-refractivity contribution in [3.63, 3.8) is 0 Å². The molecule has 0 bridgehead atoms. The third-order valence-electron chi connectivity index (χ3n) is 1.66. The molecular weight excluding hydrogens is 160 g/mol. The van der Waals surface area contributed by atoms with Crippen LogP contribution >= 0.6 is 0 Å². The molecule has 0 radical (unpaired) electrons. The summed E-state index contributed by atoms with van der Waals surface area (Å²) in [6, 6.07) is 0. The van der Waals surface area contributed by atoms with Crippen molar-refractivity contribution in [3.05, 3.63) is 36.5 Å². The van der Waals surface area contributed by atoms with Gasteiger partial charge in [-0.25, -0.2) is 6.08 Å². The van der Waals surface area contributed by atoms with E-state index in [0.29, 0.717) is 0 Å². The van der Waals surface area contributed by atoms with Gasteiger partial charge in [0, 0.05) is 5.78 Å². The number of allylic oxidation sites excluding steroid dienone is 5. The number of rotatable bonds is 3. The monoisotopic (exact) mass is 177 g/mol. The summed E-state index contributed by atoms with van der Waals surface area (Å²) in [5, 5.41) is 0. The van der Waals surface area contributed by atoms with Gasteiger partial charge in [0.05, 0.1) is 0 Å². The minimum atomic E-state index is -0.104. The zero-order chi connectivity index (χ0) is 10.5. The van der Waals surface area contributed by atoms with Crippen LogP contribution in [0.15, 0.2) is 30.4 Å². The van der Waals surface area contributed by atoms with Gasteiger partial charge in [-0.05, 0) is 5.41 Å². The third kappa shape index (κ3) is 4.46. The molecule has 0 aromatic carbocycles. The maximum absolute atomic E-state index is 11.2. The minimum absolute atomic E-state index is 0.0349. The fraction of sp³-hybridized carbons (Fsp3) is 0.417. The van der Waals surface area contributed by atoms with E-state index in [1.54, 1.807) is 25.2 Å². The molecule has 0 saturated carbocycles. The van der Waals surface area contributed by atoms with E-state index in [1.807, 2.05) is 20.8 Å². The molecule has 0 aromatic rings. The Morgan fingerprint density at radius 1 is 1.38 bits per heavy atom. The number of hydrogen-bond donors (Lipinski definition) is 0. The van der Waals surface area contributed by atoms with Crippen LogP contribution < -0.4 is 0 Å². The molecule has 0 N–H and O–H groups in total. The van der Waals surface area contributed by atoms with Crippen LogP contribution in [0, 0.1) is 11.5 Å². The lowest BCUT2D eigenvalue weighted by Gasteiger charge is -2.23. The molecule has 13 heavy (non-hydrogen) atoms. The van der Waals surface area contributed by atoms with Gasteiger partial charge in [0.1, 0.15) is 0 Å². The van der Waals surface area contributed by atoms with Crippen molar-refractivity contribution in [1.29, 1.82) is 0 Å². The first-order valence-electron chi connectivity index (χ1n) is 4.34. The minimum Gasteiger partial charge on any atom is -0.333 e. The van der Waals surface area contributed by atoms with Crippen molar-refractivity contribution < 1.29 is 4.79 Å². The smallest absolute Gasteiger partial charge is 0.0117 e. The lowest BCUT2D eigenvalue weighted by Crippen LogP contribution is -2.08. The second-order valence-corrected chi connectivity index (χ2v) is 3.85. The van der Waals surface area contributed by atoms with Crippen molar-refractivity contribution in [2.45, 2.75) is 27.7 Å². The lowest BCUT2D eigenvalue weighted by molar-refractivity contribution is -0.111. The molecule has 0 aromatic heterocycles. The predicted octanol–water partition coefficient (Wildman–Crippen LogP) is 3.09. The van der Waals surface area contributed by atoms with E-state index in [-0.39, 0.29) is 11.2 Å². The van der Waals surface area contributed by atoms with Crippen LogP contribution in [0.1, 0.15) is 27.7 Å². The fourth-order valence-electron chi connectivity index (χ4n) is 0.907. The van der Waals surface area contributed by atoms with Gasteiger partial charge in [-0.15, -0.1) is 12.2 Å². The van der Waals surface area contributed by atoms with Crippen molar-refractivity contribution in [3.8, 4) is 0 Å². The molecule has 0 aliphatic heterocycles. The van der Waals surface area contributed by atoms with Crippen molar-refractivity contribution in [2.24, 2.45) is 5.41 Å². The highest BCUT2D eigenvalue weighted by molar-refractivity contribution is 5.96. The molecule has 0 aliphatic rings. The highest BCUT2D eigenvalue weighted by atomic mass is 16.1. The topological polar surface area (TPSA) is 17.1 Å². The highest BCUT2D eigenvalue weighted by Crippen LogP contribution is 2.25. The molecule has 0 saturated heterocycles. The third-order valence-corrected chi connectivity index (χ3v) is 1.66. The second kappa shape index (κ2) is 4.80. The number of ketones is 1. The van der Waals surface area contributed by atoms with E-state index < -0.39 is 0 Å². The van der Waals surface area contributed by atoms with Crippen LogP contribution in [-0.2, 0) is 4.79 Å². The van der Waals surface area contributed by atoms with Crippen LogP contribution in [0.4, 0.5) is 0 Å². The first kappa shape index (κ1) is 11.9. The van der Waals surface area contributed by atoms with Gasteiger partial charge >= 0.3 is 0 Å². The lowest BCUT2D eigenvalue weighted by atomic mass is 9.86. The molecule has 72 valence electrons. The van der Waals surface area contributed by atoms with Crippen molar-refractivity contribution in [2.75, 3.05) is 0 Å². The Morgan fingerprint density at radius 2 is 1.92 bits per heavy atom. The van der Waals surface area contributed by atoms with Gasteiger partial charge < -0.3 is 4.79 Å². The summed E-state index contributed by atoms with van der Waals surface area (Å²) < 4.78 is 0. The molecule has 0 amide bonds. The van der Waals surface area contributed by atoms with E-state index in [0.717, 1.165) is 5.57 Å². The Kier molecular flexibility index (Phi) is 4.39. The Bertz CT molecular complexity index is 249. The number of carbonyl (C=O) groups is 1. The van der Waals surface area contributed by atoms with Gasteiger partial charge in [-0.2, -0.15) is 12.2 Å². The van der Waals surface area contributed by atoms with Gasteiger partial charge in [0.2, 0.25) is 0 Å². The Hall–Kier alpha value is -1.11. The summed E-state index contributed by atoms with van der Waals surface area (Å²) in [6.07, 6.45) is 7.50. The zero-order valence-electron chi connectivity index (χ0n) is 8.85. The Labute approximate surface area is 80.8 Å². The van der Waals surface area contributed by atoms with E-state index in [1.165, 1.54) is 0 Å². The van der Waals surface area contributed by atoms with Gasteiger partial charge in [-0.1, -0.05) is 33.8 Å². The largest absolute Gasteiger partial charge is 0.333 e. The molecule has 0 unspecified atom stereocenters. The quantitative estimate of drug-likeness (QED) is 0.368. The van der Waals surface area contributed by atoms with E-state index in [2.05, 4.69) is 12.7 Å². The first-order valence-corrected chi connectivity index (χ1v) is 4.34. The van der Waals surface area contributed by atoms with E-state index in [4.69, 9.17) is 0 Å². The zero-order valence-corrected chi connectivity index (χ0v) is 8.85. The normalized spacial score (nSPS) is 13.4. The highest BCUT2D eigenvalue weighted by Gasteiger charge is 2.10. The summed E-state index contributed by atoms with van der Waals surface area (Å²) in [6.45, 7) is 11.6. The molecule has 0 spiro atoms. The van der Waals surface area contributed by atoms with Gasteiger partial charge in [-0.3, -0.25) is 0 Å². The Balaban J connectivity index is 4.78. The fourth-order valence-corrected chi connectivity index (χ4v) is 0.907. The summed E-state index contributed by atoms with van der Waals surface area (Å²) >= 11 is 0. The molecule has 0 heterocycles. The first-order chi connectivity index (χ1) is 5.91. The van der Waals surface area contributed by atoms with Crippen LogP contribution in [-0.4, -0.2) is 5.78 Å². The standard InChI is InChI=1S/C12H17O/c1-6-8-11(13)9-10(7-2)12(3,4)5/h6-7,9H,2H2,1,3-5H3/q-1. The van der Waals surface area contributed by atoms with Crippen molar-refractivity contribution in [1.82, 2.24) is 0 Å². The molecule has 1 nitrogen and oxygen atoms in total. The number of carbonyl (C=O) groups excluding carboxylic acids is 1. The maximum Gasteiger partial charge on any atom is 0.0117 e. The average Bonchev–Trinajstić information content (AvgIpc) is 1.98. The van der Waals surface area contributed by atoms with E-state index in [9.17, 15) is 4.79 Å². The Morgan fingerprint density at radius 3 is 2.23 bits per heavy atom. The summed E-state index contributed by atoms with van der Waals surface area (Å²) in [4.78, 5) is 11.2. The maximum atomic E-state index is 11.2. The SMILES string of the molecule is C=CC(=CC(=O)[C-]=CC)C(C)(C)C. The van der Waals surface area contributed by atoms with E-state index >= 15 is 0 Å². The van der Waals surface area contributed by atoms with Gasteiger partial charge in [0.25, 0.3) is 0 Å². The summed E-state index contributed by atoms with van der Waals surface area (Å²) in [7, 11) is 0. The number of hydrogen-bond acceptors (Lipinski definition) is 1. The van der Waals surface area contributed by atoms with Crippen molar-refractivity contribution >= 4 is 5.78 Å². The molecule has 0 fully saturated rings. The molecule has 0 aliphatic carbocycles. The predicted molar refractivity (Wildman–Crippen MR) is 56.2 cm³/mol. The molecule has 0 atom stereocenters. The van der Waals surface area contributed by atoms with Crippen LogP contribution in [0.25, 0.3) is 0 Å². The van der Waals surface area contributed by atoms with Crippen LogP contribution in [0.5, 0.6) is 0 Å². The molecular formula is C12H17O-. The second-order valence-electron chi connectivity index (χ2n) is 3.85. The average molecular weight is 177 g/mol. The van der Waals surface area contributed by atoms with Crippen LogP contribution in [0.3, 0.4) is 0 Å². The molecule has 1 heteroatoms. The van der Waals surface area contributed by atoms with Gasteiger partial charge in [0.15, 0.2) is 0 Å². The summed E-state index contributed by atoms with van der Waals surface area (Å²) in [5.41, 5.74) is 0.902. The molecule has 0 rings (SSSR count). The summed E-state index contributed by atoms with van der Waals surface area (Å²) in [5.74, 6) is -0.104.